The number of aromatic nitrogens is 2. The number of hydrogen-bond acceptors (Lipinski definition) is 5. The second-order valence-electron chi connectivity index (χ2n) is 6.67. The van der Waals surface area contributed by atoms with Crippen molar-refractivity contribution in [1.29, 1.82) is 0 Å². The van der Waals surface area contributed by atoms with Crippen molar-refractivity contribution in [1.82, 2.24) is 9.78 Å². The molecule has 0 saturated carbocycles. The van der Waals surface area contributed by atoms with Gasteiger partial charge in [-0.05, 0) is 49.4 Å². The zero-order valence-electron chi connectivity index (χ0n) is 16.0. The molecule has 0 atom stereocenters. The van der Waals surface area contributed by atoms with Gasteiger partial charge in [-0.15, -0.1) is 0 Å². The lowest BCUT2D eigenvalue weighted by Gasteiger charge is -2.29. The van der Waals surface area contributed by atoms with Crippen LogP contribution in [0, 0.1) is 5.82 Å². The quantitative estimate of drug-likeness (QED) is 0.544. The summed E-state index contributed by atoms with van der Waals surface area (Å²) in [5.74, 6) is -1.14. The molecule has 1 aliphatic rings. The molecule has 1 aromatic heterocycles. The summed E-state index contributed by atoms with van der Waals surface area (Å²) in [6.07, 6.45) is 0. The number of halogens is 1. The number of nitrogens with zero attached hydrogens (tertiary/aromatic N) is 3. The van der Waals surface area contributed by atoms with Crippen LogP contribution < -0.4 is 10.6 Å². The Kier molecular flexibility index (Phi) is 4.54. The van der Waals surface area contributed by atoms with Crippen molar-refractivity contribution in [2.75, 3.05) is 17.2 Å². The fraction of sp³-hybridized carbons (Fsp3) is 0.190. The van der Waals surface area contributed by atoms with Gasteiger partial charge in [-0.1, -0.05) is 0 Å². The summed E-state index contributed by atoms with van der Waals surface area (Å²) >= 11 is 0. The second-order valence-corrected chi connectivity index (χ2v) is 6.67. The molecular weight excluding hydrogens is 375 g/mol. The summed E-state index contributed by atoms with van der Waals surface area (Å²) in [7, 11) is 0. The lowest BCUT2D eigenvalue weighted by atomic mass is 9.97. The highest BCUT2D eigenvalue weighted by Crippen LogP contribution is 2.42. The molecule has 2 heterocycles. The minimum atomic E-state index is -0.583. The van der Waals surface area contributed by atoms with Crippen molar-refractivity contribution in [3.05, 3.63) is 59.5 Å². The first-order chi connectivity index (χ1) is 13.9. The standard InChI is InChI=1S/C21H19FN4O3/c1-3-29-21(28)19-17-11-25(12(2)27)18-9-6-14(23)10-16(18)20(17)26(24-19)15-7-4-13(22)5-8-15/h4-10H,3,11,23H2,1-2H3. The number of nitrogens with two attached hydrogens (primary N) is 1. The van der Waals surface area contributed by atoms with Gasteiger partial charge in [0.25, 0.3) is 0 Å². The van der Waals surface area contributed by atoms with Crippen LogP contribution >= 0.6 is 0 Å². The zero-order chi connectivity index (χ0) is 20.7. The lowest BCUT2D eigenvalue weighted by molar-refractivity contribution is -0.116. The highest BCUT2D eigenvalue weighted by atomic mass is 19.1. The molecule has 7 nitrogen and oxygen atoms in total. The largest absolute Gasteiger partial charge is 0.461 e. The number of esters is 1. The van der Waals surface area contributed by atoms with E-state index in [0.717, 1.165) is 0 Å². The highest BCUT2D eigenvalue weighted by molar-refractivity contribution is 6.02. The smallest absolute Gasteiger partial charge is 0.359 e. The van der Waals surface area contributed by atoms with Crippen LogP contribution in [-0.2, 0) is 16.1 Å². The van der Waals surface area contributed by atoms with Gasteiger partial charge in [-0.2, -0.15) is 5.10 Å². The Balaban J connectivity index is 2.02. The molecule has 0 unspecified atom stereocenters. The van der Waals surface area contributed by atoms with Crippen molar-refractivity contribution in [2.24, 2.45) is 0 Å². The van der Waals surface area contributed by atoms with Gasteiger partial charge in [0.15, 0.2) is 5.69 Å². The number of carbonyl (C=O) groups is 2. The van der Waals surface area contributed by atoms with Gasteiger partial charge in [0.2, 0.25) is 5.91 Å². The molecule has 4 rings (SSSR count). The number of rotatable bonds is 3. The number of benzene rings is 2. The molecule has 3 aromatic rings. The van der Waals surface area contributed by atoms with Crippen molar-refractivity contribution in [3.63, 3.8) is 0 Å². The van der Waals surface area contributed by atoms with Gasteiger partial charge < -0.3 is 15.4 Å². The lowest BCUT2D eigenvalue weighted by Crippen LogP contribution is -2.31. The normalized spacial score (nSPS) is 12.3. The number of fused-ring (bicyclic) bond motifs is 3. The molecule has 0 fully saturated rings. The number of anilines is 2. The minimum absolute atomic E-state index is 0.116. The topological polar surface area (TPSA) is 90.5 Å². The summed E-state index contributed by atoms with van der Waals surface area (Å²) in [5, 5.41) is 4.47. The van der Waals surface area contributed by atoms with Gasteiger partial charge in [-0.25, -0.2) is 13.9 Å². The monoisotopic (exact) mass is 394 g/mol. The van der Waals surface area contributed by atoms with Crippen LogP contribution in [0.25, 0.3) is 16.9 Å². The third-order valence-corrected chi connectivity index (χ3v) is 4.79. The number of ether oxygens (including phenoxy) is 1. The van der Waals surface area contributed by atoms with Crippen LogP contribution in [-0.4, -0.2) is 28.3 Å². The summed E-state index contributed by atoms with van der Waals surface area (Å²) in [6.45, 7) is 3.52. The summed E-state index contributed by atoms with van der Waals surface area (Å²) in [4.78, 5) is 26.4. The molecule has 148 valence electrons. The Hall–Kier alpha value is -3.68. The molecular formula is C21H19FN4O3. The van der Waals surface area contributed by atoms with Crippen molar-refractivity contribution < 1.29 is 18.7 Å². The van der Waals surface area contributed by atoms with Crippen LogP contribution in [0.3, 0.4) is 0 Å². The minimum Gasteiger partial charge on any atom is -0.461 e. The Morgan fingerprint density at radius 2 is 1.93 bits per heavy atom. The molecule has 8 heteroatoms. The Labute approximate surface area is 166 Å². The van der Waals surface area contributed by atoms with E-state index in [1.165, 1.54) is 19.1 Å². The fourth-order valence-electron chi connectivity index (χ4n) is 3.51. The molecule has 0 radical (unpaired) electrons. The number of carbonyl (C=O) groups excluding carboxylic acids is 2. The van der Waals surface area contributed by atoms with E-state index < -0.39 is 5.97 Å². The van der Waals surface area contributed by atoms with E-state index in [0.29, 0.717) is 33.9 Å². The summed E-state index contributed by atoms with van der Waals surface area (Å²) < 4.78 is 20.2. The van der Waals surface area contributed by atoms with Crippen LogP contribution in [0.1, 0.15) is 29.9 Å². The van der Waals surface area contributed by atoms with Gasteiger partial charge in [0, 0.05) is 23.7 Å². The Bertz CT molecular complexity index is 1120. The SMILES string of the molecule is CCOC(=O)c1nn(-c2ccc(F)cc2)c2c1CN(C(C)=O)c1ccc(N)cc1-2. The maximum atomic E-state index is 13.4. The number of amides is 1. The molecule has 0 aliphatic carbocycles. The average Bonchev–Trinajstić information content (AvgIpc) is 3.08. The molecule has 2 aromatic carbocycles. The predicted octanol–water partition coefficient (Wildman–Crippen LogP) is 3.30. The zero-order valence-corrected chi connectivity index (χ0v) is 16.0. The van der Waals surface area contributed by atoms with E-state index in [4.69, 9.17) is 10.5 Å². The molecule has 1 aliphatic heterocycles. The van der Waals surface area contributed by atoms with Crippen LogP contribution in [0.5, 0.6) is 0 Å². The van der Waals surface area contributed by atoms with E-state index in [2.05, 4.69) is 5.10 Å². The first-order valence-corrected chi connectivity index (χ1v) is 9.13. The van der Waals surface area contributed by atoms with E-state index >= 15 is 0 Å². The summed E-state index contributed by atoms with van der Waals surface area (Å²) in [6, 6.07) is 11.0. The van der Waals surface area contributed by atoms with Crippen molar-refractivity contribution in [3.8, 4) is 16.9 Å². The maximum absolute atomic E-state index is 13.4. The van der Waals surface area contributed by atoms with Gasteiger partial charge in [0.1, 0.15) is 5.82 Å². The third-order valence-electron chi connectivity index (χ3n) is 4.79. The van der Waals surface area contributed by atoms with Crippen molar-refractivity contribution >= 4 is 23.3 Å². The molecule has 1 amide bonds. The predicted molar refractivity (Wildman–Crippen MR) is 106 cm³/mol. The molecule has 29 heavy (non-hydrogen) atoms. The maximum Gasteiger partial charge on any atom is 0.359 e. The molecule has 2 N–H and O–H groups in total. The van der Waals surface area contributed by atoms with Gasteiger partial charge in [0.05, 0.1) is 30.2 Å². The summed E-state index contributed by atoms with van der Waals surface area (Å²) in [5.41, 5.74) is 9.71. The number of nitrogen functional groups attached to an aromatic ring is 1. The van der Waals surface area contributed by atoms with Gasteiger partial charge in [-0.3, -0.25) is 4.79 Å². The third kappa shape index (κ3) is 3.12. The van der Waals surface area contributed by atoms with Gasteiger partial charge >= 0.3 is 5.97 Å². The number of hydrogen-bond donors (Lipinski definition) is 1. The average molecular weight is 394 g/mol. The van der Waals surface area contributed by atoms with E-state index in [9.17, 15) is 14.0 Å². The van der Waals surface area contributed by atoms with Crippen LogP contribution in [0.2, 0.25) is 0 Å². The molecule has 0 saturated heterocycles. The second kappa shape index (κ2) is 7.05. The molecule has 0 bridgehead atoms. The van der Waals surface area contributed by atoms with Crippen LogP contribution in [0.15, 0.2) is 42.5 Å². The van der Waals surface area contributed by atoms with Crippen LogP contribution in [0.4, 0.5) is 15.8 Å². The van der Waals surface area contributed by atoms with E-state index in [-0.39, 0.29) is 30.6 Å². The van der Waals surface area contributed by atoms with E-state index in [1.807, 2.05) is 0 Å². The first-order valence-electron chi connectivity index (χ1n) is 9.13. The Morgan fingerprint density at radius 1 is 1.21 bits per heavy atom. The molecule has 0 spiro atoms. The van der Waals surface area contributed by atoms with Crippen molar-refractivity contribution in [2.45, 2.75) is 20.4 Å². The fourth-order valence-corrected chi connectivity index (χ4v) is 3.51. The highest BCUT2D eigenvalue weighted by Gasteiger charge is 2.34. The first kappa shape index (κ1) is 18.7. The van der Waals surface area contributed by atoms with E-state index in [1.54, 1.807) is 46.8 Å². The Morgan fingerprint density at radius 3 is 2.59 bits per heavy atom.